The van der Waals surface area contributed by atoms with E-state index in [4.69, 9.17) is 11.6 Å². The van der Waals surface area contributed by atoms with Gasteiger partial charge in [0.25, 0.3) is 11.5 Å². The van der Waals surface area contributed by atoms with E-state index in [0.717, 1.165) is 27.6 Å². The number of amides is 1. The summed E-state index contributed by atoms with van der Waals surface area (Å²) in [6.45, 7) is 4.50. The number of hydrogen-bond donors (Lipinski definition) is 1. The summed E-state index contributed by atoms with van der Waals surface area (Å²) in [7, 11) is 0. The Bertz CT molecular complexity index is 1310. The monoisotopic (exact) mass is 430 g/mol. The van der Waals surface area contributed by atoms with Crippen LogP contribution in [0.15, 0.2) is 77.6 Å². The molecule has 4 rings (SSSR count). The van der Waals surface area contributed by atoms with Crippen LogP contribution in [0.3, 0.4) is 0 Å². The van der Waals surface area contributed by atoms with Gasteiger partial charge in [-0.2, -0.15) is 0 Å². The standard InChI is InChI=1S/C26H23ClN2O2/c1-17-12-13-20-14-22(25(30)28-24(20)18(17)2)16-29(15-21-10-6-7-11-23(21)27)26(31)19-8-4-3-5-9-19/h3-14H,15-16H2,1-2H3,(H,28,30). The summed E-state index contributed by atoms with van der Waals surface area (Å²) < 4.78 is 0. The van der Waals surface area contributed by atoms with Crippen LogP contribution >= 0.6 is 11.6 Å². The highest BCUT2D eigenvalue weighted by atomic mass is 35.5. The zero-order valence-corrected chi connectivity index (χ0v) is 18.2. The Balaban J connectivity index is 1.74. The van der Waals surface area contributed by atoms with Crippen molar-refractivity contribution in [3.8, 4) is 0 Å². The number of nitrogens with zero attached hydrogens (tertiary/aromatic N) is 1. The fraction of sp³-hybridized carbons (Fsp3) is 0.154. The summed E-state index contributed by atoms with van der Waals surface area (Å²) in [5.74, 6) is -0.153. The first-order valence-electron chi connectivity index (χ1n) is 10.1. The second-order valence-corrected chi connectivity index (χ2v) is 8.12. The molecule has 5 heteroatoms. The van der Waals surface area contributed by atoms with Crippen molar-refractivity contribution >= 4 is 28.4 Å². The van der Waals surface area contributed by atoms with Crippen LogP contribution in [0.1, 0.15) is 32.6 Å². The van der Waals surface area contributed by atoms with Gasteiger partial charge in [-0.1, -0.05) is 60.1 Å². The summed E-state index contributed by atoms with van der Waals surface area (Å²) >= 11 is 6.36. The minimum atomic E-state index is -0.189. The predicted octanol–water partition coefficient (Wildman–Crippen LogP) is 5.64. The second-order valence-electron chi connectivity index (χ2n) is 7.71. The number of carbonyl (C=O) groups is 1. The first-order chi connectivity index (χ1) is 14.9. The number of pyridine rings is 1. The lowest BCUT2D eigenvalue weighted by Crippen LogP contribution is -2.32. The smallest absolute Gasteiger partial charge is 0.254 e. The van der Waals surface area contributed by atoms with Crippen LogP contribution in [0.25, 0.3) is 10.9 Å². The highest BCUT2D eigenvalue weighted by Gasteiger charge is 2.19. The molecule has 4 aromatic rings. The third-order valence-corrected chi connectivity index (χ3v) is 5.98. The Hall–Kier alpha value is -3.37. The van der Waals surface area contributed by atoms with Gasteiger partial charge < -0.3 is 9.88 Å². The number of aryl methyl sites for hydroxylation is 2. The molecule has 0 bridgehead atoms. The lowest BCUT2D eigenvalue weighted by atomic mass is 10.0. The molecule has 1 amide bonds. The van der Waals surface area contributed by atoms with E-state index in [1.165, 1.54) is 0 Å². The largest absolute Gasteiger partial charge is 0.330 e. The average molecular weight is 431 g/mol. The number of fused-ring (bicyclic) bond motifs is 1. The topological polar surface area (TPSA) is 53.2 Å². The first kappa shape index (κ1) is 20.9. The van der Waals surface area contributed by atoms with Crippen molar-refractivity contribution in [2.75, 3.05) is 0 Å². The predicted molar refractivity (Wildman–Crippen MR) is 126 cm³/mol. The third kappa shape index (κ3) is 4.39. The average Bonchev–Trinajstić information content (AvgIpc) is 2.78. The molecule has 0 fully saturated rings. The van der Waals surface area contributed by atoms with Crippen LogP contribution in [0.5, 0.6) is 0 Å². The number of carbonyl (C=O) groups excluding carboxylic acids is 1. The molecule has 0 unspecified atom stereocenters. The van der Waals surface area contributed by atoms with Gasteiger partial charge in [-0.25, -0.2) is 0 Å². The van der Waals surface area contributed by atoms with Gasteiger partial charge in [0, 0.05) is 22.7 Å². The van der Waals surface area contributed by atoms with E-state index >= 15 is 0 Å². The number of rotatable bonds is 5. The second kappa shape index (κ2) is 8.78. The van der Waals surface area contributed by atoms with Crippen LogP contribution in [0.2, 0.25) is 5.02 Å². The van der Waals surface area contributed by atoms with Crippen molar-refractivity contribution in [3.63, 3.8) is 0 Å². The van der Waals surface area contributed by atoms with Gasteiger partial charge in [0.1, 0.15) is 0 Å². The summed E-state index contributed by atoms with van der Waals surface area (Å²) in [5, 5.41) is 1.54. The molecule has 0 aliphatic heterocycles. The molecule has 31 heavy (non-hydrogen) atoms. The van der Waals surface area contributed by atoms with Gasteiger partial charge >= 0.3 is 0 Å². The van der Waals surface area contributed by atoms with Crippen LogP contribution in [0.4, 0.5) is 0 Å². The molecule has 0 spiro atoms. The molecular weight excluding hydrogens is 408 g/mol. The molecule has 1 aromatic heterocycles. The van der Waals surface area contributed by atoms with E-state index < -0.39 is 0 Å². The van der Waals surface area contributed by atoms with Crippen LogP contribution < -0.4 is 5.56 Å². The number of H-pyrrole nitrogens is 1. The van der Waals surface area contributed by atoms with E-state index in [1.54, 1.807) is 23.1 Å². The van der Waals surface area contributed by atoms with Crippen LogP contribution in [-0.4, -0.2) is 15.8 Å². The lowest BCUT2D eigenvalue weighted by molar-refractivity contribution is 0.0729. The normalized spacial score (nSPS) is 10.9. The Morgan fingerprint density at radius 1 is 0.903 bits per heavy atom. The zero-order valence-electron chi connectivity index (χ0n) is 17.5. The number of aromatic nitrogens is 1. The minimum absolute atomic E-state index is 0.153. The maximum absolute atomic E-state index is 13.3. The van der Waals surface area contributed by atoms with Gasteiger partial charge in [0.15, 0.2) is 0 Å². The van der Waals surface area contributed by atoms with Crippen molar-refractivity contribution in [3.05, 3.63) is 116 Å². The van der Waals surface area contributed by atoms with Crippen LogP contribution in [0, 0.1) is 13.8 Å². The molecule has 0 saturated carbocycles. The van der Waals surface area contributed by atoms with Crippen molar-refractivity contribution in [2.24, 2.45) is 0 Å². The number of hydrogen-bond acceptors (Lipinski definition) is 2. The van der Waals surface area contributed by atoms with E-state index in [-0.39, 0.29) is 18.0 Å². The van der Waals surface area contributed by atoms with E-state index in [9.17, 15) is 9.59 Å². The fourth-order valence-corrected chi connectivity index (χ4v) is 3.88. The van der Waals surface area contributed by atoms with Crippen molar-refractivity contribution < 1.29 is 4.79 Å². The Morgan fingerprint density at radius 2 is 1.58 bits per heavy atom. The molecule has 0 aliphatic carbocycles. The molecule has 0 aliphatic rings. The van der Waals surface area contributed by atoms with Gasteiger partial charge in [-0.3, -0.25) is 9.59 Å². The number of aromatic amines is 1. The van der Waals surface area contributed by atoms with Gasteiger partial charge in [0.2, 0.25) is 0 Å². The van der Waals surface area contributed by atoms with Gasteiger partial charge in [-0.05, 0) is 60.2 Å². The highest BCUT2D eigenvalue weighted by Crippen LogP contribution is 2.22. The van der Waals surface area contributed by atoms with E-state index in [0.29, 0.717) is 22.7 Å². The molecule has 0 saturated heterocycles. The fourth-order valence-electron chi connectivity index (χ4n) is 3.69. The Kier molecular flexibility index (Phi) is 5.92. The molecule has 3 aromatic carbocycles. The number of nitrogens with one attached hydrogen (secondary N) is 1. The van der Waals surface area contributed by atoms with E-state index in [2.05, 4.69) is 4.98 Å². The van der Waals surface area contributed by atoms with Crippen LogP contribution in [-0.2, 0) is 13.1 Å². The molecule has 156 valence electrons. The molecule has 1 N–H and O–H groups in total. The van der Waals surface area contributed by atoms with Gasteiger partial charge in [-0.15, -0.1) is 0 Å². The molecular formula is C26H23ClN2O2. The maximum atomic E-state index is 13.3. The molecule has 0 radical (unpaired) electrons. The van der Waals surface area contributed by atoms with Crippen molar-refractivity contribution in [1.29, 1.82) is 0 Å². The Morgan fingerprint density at radius 3 is 2.32 bits per heavy atom. The van der Waals surface area contributed by atoms with Gasteiger partial charge in [0.05, 0.1) is 12.1 Å². The SMILES string of the molecule is Cc1ccc2cc(CN(Cc3ccccc3Cl)C(=O)c3ccccc3)c(=O)[nH]c2c1C. The molecule has 4 nitrogen and oxygen atoms in total. The highest BCUT2D eigenvalue weighted by molar-refractivity contribution is 6.31. The lowest BCUT2D eigenvalue weighted by Gasteiger charge is -2.23. The number of halogens is 1. The molecule has 1 heterocycles. The maximum Gasteiger partial charge on any atom is 0.254 e. The molecule has 0 atom stereocenters. The summed E-state index contributed by atoms with van der Waals surface area (Å²) in [6.07, 6.45) is 0. The summed E-state index contributed by atoms with van der Waals surface area (Å²) in [5.41, 5.74) is 4.75. The Labute approximate surface area is 186 Å². The summed E-state index contributed by atoms with van der Waals surface area (Å²) in [4.78, 5) is 30.9. The quantitative estimate of drug-likeness (QED) is 0.445. The zero-order chi connectivity index (χ0) is 22.0. The first-order valence-corrected chi connectivity index (χ1v) is 10.5. The van der Waals surface area contributed by atoms with Crippen molar-refractivity contribution in [1.82, 2.24) is 9.88 Å². The number of benzene rings is 3. The van der Waals surface area contributed by atoms with Crippen molar-refractivity contribution in [2.45, 2.75) is 26.9 Å². The van der Waals surface area contributed by atoms with E-state index in [1.807, 2.05) is 68.4 Å². The third-order valence-electron chi connectivity index (χ3n) is 5.62. The summed E-state index contributed by atoms with van der Waals surface area (Å²) in [6, 6.07) is 22.4. The minimum Gasteiger partial charge on any atom is -0.330 e.